The van der Waals surface area contributed by atoms with Crippen molar-refractivity contribution in [3.05, 3.63) is 12.7 Å². The standard InChI is InChI=1S/C8H13N3O2/c1-2-8-12-4-7(13-8)3-11-6-9-5-10-11/h5-8H,2-4H2,1H3. The van der Waals surface area contributed by atoms with Gasteiger partial charge < -0.3 is 9.47 Å². The zero-order chi connectivity index (χ0) is 9.10. The molecule has 0 N–H and O–H groups in total. The maximum absolute atomic E-state index is 5.57. The molecule has 5 nitrogen and oxygen atoms in total. The first-order valence-corrected chi connectivity index (χ1v) is 4.48. The molecule has 2 atom stereocenters. The van der Waals surface area contributed by atoms with Gasteiger partial charge in [-0.3, -0.25) is 4.68 Å². The van der Waals surface area contributed by atoms with Crippen LogP contribution in [0.15, 0.2) is 12.7 Å². The average molecular weight is 183 g/mol. The second-order valence-corrected chi connectivity index (χ2v) is 3.05. The topological polar surface area (TPSA) is 49.2 Å². The Hall–Kier alpha value is -0.940. The Bertz CT molecular complexity index is 250. The lowest BCUT2D eigenvalue weighted by atomic mass is 10.4. The third-order valence-electron chi connectivity index (χ3n) is 2.00. The highest BCUT2D eigenvalue weighted by Crippen LogP contribution is 2.14. The zero-order valence-corrected chi connectivity index (χ0v) is 7.59. The van der Waals surface area contributed by atoms with E-state index in [-0.39, 0.29) is 12.4 Å². The minimum Gasteiger partial charge on any atom is -0.350 e. The van der Waals surface area contributed by atoms with Gasteiger partial charge >= 0.3 is 0 Å². The summed E-state index contributed by atoms with van der Waals surface area (Å²) in [5, 5.41) is 4.00. The van der Waals surface area contributed by atoms with Gasteiger partial charge in [0, 0.05) is 0 Å². The van der Waals surface area contributed by atoms with E-state index in [1.807, 2.05) is 6.92 Å². The van der Waals surface area contributed by atoms with Crippen molar-refractivity contribution in [1.29, 1.82) is 0 Å². The average Bonchev–Trinajstić information content (AvgIpc) is 2.76. The Morgan fingerprint density at radius 2 is 2.54 bits per heavy atom. The predicted molar refractivity (Wildman–Crippen MR) is 44.9 cm³/mol. The van der Waals surface area contributed by atoms with Crippen LogP contribution >= 0.6 is 0 Å². The molecule has 72 valence electrons. The van der Waals surface area contributed by atoms with Gasteiger partial charge in [-0.1, -0.05) is 6.92 Å². The summed E-state index contributed by atoms with van der Waals surface area (Å²) in [6.45, 7) is 3.41. The van der Waals surface area contributed by atoms with Gasteiger partial charge in [0.2, 0.25) is 0 Å². The van der Waals surface area contributed by atoms with Gasteiger partial charge in [-0.15, -0.1) is 0 Å². The molecule has 0 amide bonds. The smallest absolute Gasteiger partial charge is 0.158 e. The fourth-order valence-corrected chi connectivity index (χ4v) is 1.35. The molecule has 0 saturated carbocycles. The molecule has 5 heteroatoms. The van der Waals surface area contributed by atoms with Crippen LogP contribution in [0.3, 0.4) is 0 Å². The lowest BCUT2D eigenvalue weighted by molar-refractivity contribution is -0.0611. The Labute approximate surface area is 76.7 Å². The van der Waals surface area contributed by atoms with E-state index < -0.39 is 0 Å². The van der Waals surface area contributed by atoms with Crippen LogP contribution in [0.4, 0.5) is 0 Å². The van der Waals surface area contributed by atoms with E-state index in [1.165, 1.54) is 6.33 Å². The maximum Gasteiger partial charge on any atom is 0.158 e. The highest BCUT2D eigenvalue weighted by Gasteiger charge is 2.24. The Morgan fingerprint density at radius 1 is 1.62 bits per heavy atom. The van der Waals surface area contributed by atoms with E-state index >= 15 is 0 Å². The molecule has 1 aromatic rings. The molecule has 0 radical (unpaired) electrons. The summed E-state index contributed by atoms with van der Waals surface area (Å²) in [4.78, 5) is 3.86. The van der Waals surface area contributed by atoms with Crippen LogP contribution in [0, 0.1) is 0 Å². The Morgan fingerprint density at radius 3 is 3.15 bits per heavy atom. The van der Waals surface area contributed by atoms with Crippen LogP contribution in [-0.2, 0) is 16.0 Å². The molecule has 1 saturated heterocycles. The highest BCUT2D eigenvalue weighted by molar-refractivity contribution is 4.67. The van der Waals surface area contributed by atoms with Crippen molar-refractivity contribution in [2.45, 2.75) is 32.3 Å². The molecule has 0 aliphatic carbocycles. The lowest BCUT2D eigenvalue weighted by Gasteiger charge is -2.08. The molecular formula is C8H13N3O2. The monoisotopic (exact) mass is 183 g/mol. The van der Waals surface area contributed by atoms with Crippen molar-refractivity contribution in [3.63, 3.8) is 0 Å². The van der Waals surface area contributed by atoms with Crippen LogP contribution in [0.1, 0.15) is 13.3 Å². The van der Waals surface area contributed by atoms with Crippen LogP contribution < -0.4 is 0 Å². The molecule has 13 heavy (non-hydrogen) atoms. The normalized spacial score (nSPS) is 28.1. The number of ether oxygens (including phenoxy) is 2. The lowest BCUT2D eigenvalue weighted by Crippen LogP contribution is -2.19. The van der Waals surface area contributed by atoms with Crippen molar-refractivity contribution in [2.24, 2.45) is 0 Å². The van der Waals surface area contributed by atoms with Gasteiger partial charge in [-0.2, -0.15) is 5.10 Å². The molecular weight excluding hydrogens is 170 g/mol. The van der Waals surface area contributed by atoms with Crippen molar-refractivity contribution in [1.82, 2.24) is 14.8 Å². The second-order valence-electron chi connectivity index (χ2n) is 3.05. The van der Waals surface area contributed by atoms with Gasteiger partial charge in [0.05, 0.1) is 13.2 Å². The van der Waals surface area contributed by atoms with Gasteiger partial charge in [-0.25, -0.2) is 4.98 Å². The van der Waals surface area contributed by atoms with Crippen molar-refractivity contribution in [2.75, 3.05) is 6.61 Å². The fraction of sp³-hybridized carbons (Fsp3) is 0.750. The number of rotatable bonds is 3. The third kappa shape index (κ3) is 2.05. The highest BCUT2D eigenvalue weighted by atomic mass is 16.7. The third-order valence-corrected chi connectivity index (χ3v) is 2.00. The van der Waals surface area contributed by atoms with E-state index in [0.29, 0.717) is 6.61 Å². The molecule has 1 fully saturated rings. The molecule has 0 spiro atoms. The van der Waals surface area contributed by atoms with Gasteiger partial charge in [0.25, 0.3) is 0 Å². The first-order chi connectivity index (χ1) is 6.38. The summed E-state index contributed by atoms with van der Waals surface area (Å²) in [5.74, 6) is 0. The molecule has 1 aromatic heterocycles. The van der Waals surface area contributed by atoms with E-state index in [2.05, 4.69) is 10.1 Å². The predicted octanol–water partition coefficient (Wildman–Crippen LogP) is 0.430. The summed E-state index contributed by atoms with van der Waals surface area (Å²) in [6.07, 6.45) is 4.18. The molecule has 2 rings (SSSR count). The fourth-order valence-electron chi connectivity index (χ4n) is 1.35. The molecule has 1 aliphatic heterocycles. The Balaban J connectivity index is 1.84. The van der Waals surface area contributed by atoms with Gasteiger partial charge in [0.15, 0.2) is 6.29 Å². The molecule has 0 bridgehead atoms. The SMILES string of the molecule is CCC1OCC(Cn2cncn2)O1. The Kier molecular flexibility index (Phi) is 2.56. The summed E-state index contributed by atoms with van der Waals surface area (Å²) in [6, 6.07) is 0. The number of nitrogens with zero attached hydrogens (tertiary/aromatic N) is 3. The number of hydrogen-bond acceptors (Lipinski definition) is 4. The largest absolute Gasteiger partial charge is 0.350 e. The van der Waals surface area contributed by atoms with Crippen molar-refractivity contribution in [3.8, 4) is 0 Å². The van der Waals surface area contributed by atoms with Gasteiger partial charge in [0.1, 0.15) is 18.8 Å². The molecule has 2 unspecified atom stereocenters. The number of hydrogen-bond donors (Lipinski definition) is 0. The van der Waals surface area contributed by atoms with Crippen LogP contribution in [0.2, 0.25) is 0 Å². The quantitative estimate of drug-likeness (QED) is 0.681. The zero-order valence-electron chi connectivity index (χ0n) is 7.59. The summed E-state index contributed by atoms with van der Waals surface area (Å²) >= 11 is 0. The minimum absolute atomic E-state index is 0.0338. The van der Waals surface area contributed by atoms with E-state index in [4.69, 9.17) is 9.47 Å². The molecule has 1 aliphatic rings. The summed E-state index contributed by atoms with van der Waals surface area (Å²) < 4.78 is 12.7. The first kappa shape index (κ1) is 8.65. The van der Waals surface area contributed by atoms with Crippen LogP contribution in [0.5, 0.6) is 0 Å². The van der Waals surface area contributed by atoms with E-state index in [0.717, 1.165) is 13.0 Å². The number of aromatic nitrogens is 3. The second kappa shape index (κ2) is 3.85. The first-order valence-electron chi connectivity index (χ1n) is 4.48. The maximum atomic E-state index is 5.57. The van der Waals surface area contributed by atoms with Crippen molar-refractivity contribution < 1.29 is 9.47 Å². The molecule has 0 aromatic carbocycles. The minimum atomic E-state index is -0.0338. The summed E-state index contributed by atoms with van der Waals surface area (Å²) in [7, 11) is 0. The van der Waals surface area contributed by atoms with Gasteiger partial charge in [-0.05, 0) is 6.42 Å². The van der Waals surface area contributed by atoms with E-state index in [1.54, 1.807) is 11.0 Å². The molecule has 2 heterocycles. The van der Waals surface area contributed by atoms with E-state index in [9.17, 15) is 0 Å². The van der Waals surface area contributed by atoms with Crippen LogP contribution in [0.25, 0.3) is 0 Å². The van der Waals surface area contributed by atoms with Crippen molar-refractivity contribution >= 4 is 0 Å². The van der Waals surface area contributed by atoms with Crippen LogP contribution in [-0.4, -0.2) is 33.8 Å². The summed E-state index contributed by atoms with van der Waals surface area (Å²) in [5.41, 5.74) is 0.